The number of nitriles is 1. The second-order valence-corrected chi connectivity index (χ2v) is 4.67. The molecule has 1 unspecified atom stereocenters. The average molecular weight is 257 g/mol. The minimum atomic E-state index is -0.772. The molecule has 0 saturated heterocycles. The van der Waals surface area contributed by atoms with Crippen molar-refractivity contribution >= 4 is 17.3 Å². The van der Waals surface area contributed by atoms with E-state index in [4.69, 9.17) is 11.6 Å². The van der Waals surface area contributed by atoms with Gasteiger partial charge in [-0.25, -0.2) is 0 Å². The summed E-state index contributed by atoms with van der Waals surface area (Å²) in [6.45, 7) is 1.85. The van der Waals surface area contributed by atoms with Crippen molar-refractivity contribution in [3.8, 4) is 6.07 Å². The van der Waals surface area contributed by atoms with Crippen LogP contribution in [0.1, 0.15) is 12.5 Å². The van der Waals surface area contributed by atoms with Crippen LogP contribution in [0.3, 0.4) is 0 Å². The van der Waals surface area contributed by atoms with Gasteiger partial charge in [0.25, 0.3) is 0 Å². The van der Waals surface area contributed by atoms with Crippen LogP contribution in [-0.2, 0) is 5.54 Å². The molecule has 0 aliphatic heterocycles. The molecular weight excluding hydrogens is 244 g/mol. The highest BCUT2D eigenvalue weighted by atomic mass is 35.5. The van der Waals surface area contributed by atoms with Gasteiger partial charge in [-0.15, -0.1) is 0 Å². The number of nitrogens with zero attached hydrogens (tertiary/aromatic N) is 1. The number of halogens is 1. The van der Waals surface area contributed by atoms with Gasteiger partial charge in [0, 0.05) is 10.7 Å². The van der Waals surface area contributed by atoms with Gasteiger partial charge in [-0.3, -0.25) is 0 Å². The van der Waals surface area contributed by atoms with Crippen LogP contribution in [0.5, 0.6) is 0 Å². The predicted molar refractivity (Wildman–Crippen MR) is 74.5 cm³/mol. The lowest BCUT2D eigenvalue weighted by atomic mass is 9.93. The van der Waals surface area contributed by atoms with Crippen LogP contribution in [0.25, 0.3) is 0 Å². The fourth-order valence-corrected chi connectivity index (χ4v) is 1.98. The molecule has 3 heteroatoms. The summed E-state index contributed by atoms with van der Waals surface area (Å²) in [5, 5.41) is 13.3. The van der Waals surface area contributed by atoms with E-state index in [1.165, 1.54) is 0 Å². The zero-order valence-corrected chi connectivity index (χ0v) is 10.8. The molecule has 18 heavy (non-hydrogen) atoms. The quantitative estimate of drug-likeness (QED) is 0.894. The number of benzene rings is 2. The third kappa shape index (κ3) is 2.64. The van der Waals surface area contributed by atoms with Gasteiger partial charge in [0.2, 0.25) is 0 Å². The van der Waals surface area contributed by atoms with E-state index in [1.54, 1.807) is 12.1 Å². The molecule has 0 spiro atoms. The van der Waals surface area contributed by atoms with Crippen molar-refractivity contribution in [1.82, 2.24) is 0 Å². The van der Waals surface area contributed by atoms with E-state index in [-0.39, 0.29) is 0 Å². The van der Waals surface area contributed by atoms with Gasteiger partial charge in [0.05, 0.1) is 6.07 Å². The second-order valence-electron chi connectivity index (χ2n) is 4.24. The Hall–Kier alpha value is -1.98. The van der Waals surface area contributed by atoms with Crippen LogP contribution < -0.4 is 5.32 Å². The van der Waals surface area contributed by atoms with Crippen molar-refractivity contribution in [1.29, 1.82) is 5.26 Å². The first kappa shape index (κ1) is 12.5. The lowest BCUT2D eigenvalue weighted by Crippen LogP contribution is -2.29. The third-order valence-electron chi connectivity index (χ3n) is 2.79. The van der Waals surface area contributed by atoms with Gasteiger partial charge in [0.15, 0.2) is 0 Å². The number of hydrogen-bond donors (Lipinski definition) is 1. The maximum Gasteiger partial charge on any atom is 0.148 e. The highest BCUT2D eigenvalue weighted by Crippen LogP contribution is 2.26. The smallest absolute Gasteiger partial charge is 0.148 e. The summed E-state index contributed by atoms with van der Waals surface area (Å²) in [7, 11) is 0. The molecule has 2 aromatic rings. The van der Waals surface area contributed by atoms with E-state index in [1.807, 2.05) is 49.4 Å². The summed E-state index contributed by atoms with van der Waals surface area (Å²) in [4.78, 5) is 0. The van der Waals surface area contributed by atoms with E-state index in [2.05, 4.69) is 11.4 Å². The van der Waals surface area contributed by atoms with E-state index in [9.17, 15) is 5.26 Å². The van der Waals surface area contributed by atoms with E-state index in [0.29, 0.717) is 5.02 Å². The molecule has 90 valence electrons. The maximum atomic E-state index is 9.42. The number of anilines is 1. The Balaban J connectivity index is 2.33. The van der Waals surface area contributed by atoms with Crippen molar-refractivity contribution in [3.05, 3.63) is 65.2 Å². The molecule has 2 nitrogen and oxygen atoms in total. The molecule has 0 heterocycles. The molecule has 0 amide bonds. The molecule has 2 aromatic carbocycles. The standard InChI is InChI=1S/C15H13ClN2/c1-15(11-17,12-6-3-2-4-7-12)18-14-9-5-8-13(16)10-14/h2-10,18H,1H3. The van der Waals surface area contributed by atoms with E-state index in [0.717, 1.165) is 11.3 Å². The lowest BCUT2D eigenvalue weighted by molar-refractivity contribution is 0.706. The zero-order chi connectivity index (χ0) is 13.0. The van der Waals surface area contributed by atoms with E-state index >= 15 is 0 Å². The first-order chi connectivity index (χ1) is 8.64. The largest absolute Gasteiger partial charge is 0.364 e. The highest BCUT2D eigenvalue weighted by Gasteiger charge is 2.25. The molecule has 0 aliphatic rings. The van der Waals surface area contributed by atoms with Crippen molar-refractivity contribution in [2.45, 2.75) is 12.5 Å². The van der Waals surface area contributed by atoms with Crippen molar-refractivity contribution in [2.75, 3.05) is 5.32 Å². The zero-order valence-electron chi connectivity index (χ0n) is 10.0. The van der Waals surface area contributed by atoms with Crippen LogP contribution in [0.4, 0.5) is 5.69 Å². The summed E-state index contributed by atoms with van der Waals surface area (Å²) in [6, 6.07) is 19.3. The highest BCUT2D eigenvalue weighted by molar-refractivity contribution is 6.30. The van der Waals surface area contributed by atoms with Crippen molar-refractivity contribution in [3.63, 3.8) is 0 Å². The molecule has 0 radical (unpaired) electrons. The molecule has 0 fully saturated rings. The first-order valence-electron chi connectivity index (χ1n) is 5.64. The Morgan fingerprint density at radius 1 is 1.11 bits per heavy atom. The fourth-order valence-electron chi connectivity index (χ4n) is 1.79. The van der Waals surface area contributed by atoms with Crippen LogP contribution in [0.2, 0.25) is 5.02 Å². The number of rotatable bonds is 3. The number of nitrogens with one attached hydrogen (secondary N) is 1. The molecule has 2 rings (SSSR count). The van der Waals surface area contributed by atoms with Crippen LogP contribution in [-0.4, -0.2) is 0 Å². The van der Waals surface area contributed by atoms with Gasteiger partial charge in [-0.05, 0) is 30.7 Å². The summed E-state index contributed by atoms with van der Waals surface area (Å²) < 4.78 is 0. The Morgan fingerprint density at radius 2 is 1.83 bits per heavy atom. The summed E-state index contributed by atoms with van der Waals surface area (Å²) in [6.07, 6.45) is 0. The molecular formula is C15H13ClN2. The van der Waals surface area contributed by atoms with Crippen LogP contribution >= 0.6 is 11.6 Å². The molecule has 1 N–H and O–H groups in total. The molecule has 0 bridgehead atoms. The average Bonchev–Trinajstić information content (AvgIpc) is 2.39. The number of hydrogen-bond acceptors (Lipinski definition) is 2. The maximum absolute atomic E-state index is 9.42. The van der Waals surface area contributed by atoms with Gasteiger partial charge in [0.1, 0.15) is 5.54 Å². The summed E-state index contributed by atoms with van der Waals surface area (Å²) in [5.74, 6) is 0. The second kappa shape index (κ2) is 5.12. The monoisotopic (exact) mass is 256 g/mol. The molecule has 1 atom stereocenters. The van der Waals surface area contributed by atoms with Gasteiger partial charge < -0.3 is 5.32 Å². The third-order valence-corrected chi connectivity index (χ3v) is 3.03. The van der Waals surface area contributed by atoms with Gasteiger partial charge in [-0.1, -0.05) is 48.0 Å². The molecule has 0 aromatic heterocycles. The predicted octanol–water partition coefficient (Wildman–Crippen LogP) is 4.19. The summed E-state index contributed by atoms with van der Waals surface area (Å²) in [5.41, 5.74) is 0.981. The SMILES string of the molecule is CC(C#N)(Nc1cccc(Cl)c1)c1ccccc1. The minimum Gasteiger partial charge on any atom is -0.364 e. The Kier molecular flexibility index (Phi) is 3.55. The Bertz CT molecular complexity index is 575. The van der Waals surface area contributed by atoms with Gasteiger partial charge >= 0.3 is 0 Å². The lowest BCUT2D eigenvalue weighted by Gasteiger charge is -2.25. The molecule has 0 aliphatic carbocycles. The van der Waals surface area contributed by atoms with Gasteiger partial charge in [-0.2, -0.15) is 5.26 Å². The molecule has 0 saturated carbocycles. The van der Waals surface area contributed by atoms with Crippen molar-refractivity contribution < 1.29 is 0 Å². The Morgan fingerprint density at radius 3 is 2.44 bits per heavy atom. The van der Waals surface area contributed by atoms with Crippen LogP contribution in [0, 0.1) is 11.3 Å². The Labute approximate surface area is 112 Å². The normalized spacial score (nSPS) is 13.4. The summed E-state index contributed by atoms with van der Waals surface area (Å²) >= 11 is 5.94. The van der Waals surface area contributed by atoms with Crippen molar-refractivity contribution in [2.24, 2.45) is 0 Å². The topological polar surface area (TPSA) is 35.8 Å². The minimum absolute atomic E-state index is 0.647. The van der Waals surface area contributed by atoms with Crippen LogP contribution in [0.15, 0.2) is 54.6 Å². The fraction of sp³-hybridized carbons (Fsp3) is 0.133. The first-order valence-corrected chi connectivity index (χ1v) is 6.02. The van der Waals surface area contributed by atoms with E-state index < -0.39 is 5.54 Å².